The molecule has 11 heavy (non-hydrogen) atoms. The van der Waals surface area contributed by atoms with E-state index in [9.17, 15) is 9.50 Å². The lowest BCUT2D eigenvalue weighted by Crippen LogP contribution is -2.41. The van der Waals surface area contributed by atoms with Crippen molar-refractivity contribution in [2.75, 3.05) is 19.8 Å². The molecule has 1 fully saturated rings. The lowest BCUT2D eigenvalue weighted by atomic mass is 9.88. The summed E-state index contributed by atoms with van der Waals surface area (Å²) in [6.45, 7) is 1.42. The van der Waals surface area contributed by atoms with Crippen molar-refractivity contribution in [2.45, 2.75) is 31.3 Å². The molecule has 0 unspecified atom stereocenters. The van der Waals surface area contributed by atoms with E-state index < -0.39 is 5.60 Å². The van der Waals surface area contributed by atoms with Crippen molar-refractivity contribution in [2.24, 2.45) is 0 Å². The highest BCUT2D eigenvalue weighted by Gasteiger charge is 2.27. The van der Waals surface area contributed by atoms with Gasteiger partial charge in [-0.1, -0.05) is 0 Å². The van der Waals surface area contributed by atoms with Crippen LogP contribution < -0.4 is 5.32 Å². The van der Waals surface area contributed by atoms with Crippen molar-refractivity contribution in [3.05, 3.63) is 0 Å². The van der Waals surface area contributed by atoms with Gasteiger partial charge in [0.05, 0.1) is 12.3 Å². The first-order valence-electron chi connectivity index (χ1n) is 4.26. The number of alkyl halides is 1. The third-order valence-corrected chi connectivity index (χ3v) is 2.31. The Kier molecular flexibility index (Phi) is 3.27. The van der Waals surface area contributed by atoms with Gasteiger partial charge in [0.1, 0.15) is 0 Å². The summed E-state index contributed by atoms with van der Waals surface area (Å²) < 4.78 is 11.8. The van der Waals surface area contributed by atoms with Crippen LogP contribution >= 0.6 is 0 Å². The van der Waals surface area contributed by atoms with Crippen molar-refractivity contribution in [3.8, 4) is 0 Å². The summed E-state index contributed by atoms with van der Waals surface area (Å²) in [5, 5.41) is 13.0. The van der Waals surface area contributed by atoms with E-state index in [1.54, 1.807) is 0 Å². The molecule has 0 aromatic rings. The molecule has 0 aromatic heterocycles. The second-order valence-electron chi connectivity index (χ2n) is 3.27. The quantitative estimate of drug-likeness (QED) is 0.643. The molecule has 0 spiro atoms. The van der Waals surface area contributed by atoms with Crippen LogP contribution in [0.3, 0.4) is 0 Å². The molecule has 2 nitrogen and oxygen atoms in total. The molecule has 0 aromatic carbocycles. The normalized spacial score (nSPS) is 23.5. The first kappa shape index (κ1) is 8.94. The zero-order chi connectivity index (χ0) is 8.16. The maximum atomic E-state index is 11.8. The largest absolute Gasteiger partial charge is 0.390 e. The molecule has 1 rings (SSSR count). The van der Waals surface area contributed by atoms with Gasteiger partial charge in [-0.25, -0.2) is 0 Å². The monoisotopic (exact) mass is 161 g/mol. The first-order chi connectivity index (χ1) is 5.27. The molecule has 66 valence electrons. The van der Waals surface area contributed by atoms with Crippen molar-refractivity contribution in [1.29, 1.82) is 0 Å². The van der Waals surface area contributed by atoms with Crippen molar-refractivity contribution >= 4 is 0 Å². The molecule has 0 atom stereocenters. The van der Waals surface area contributed by atoms with E-state index in [0.29, 0.717) is 12.8 Å². The van der Waals surface area contributed by atoms with Gasteiger partial charge in [-0.3, -0.25) is 4.39 Å². The number of aliphatic hydroxyl groups is 1. The Bertz CT molecular complexity index is 113. The Morgan fingerprint density at radius 3 is 2.55 bits per heavy atom. The van der Waals surface area contributed by atoms with Crippen LogP contribution in [0.5, 0.6) is 0 Å². The Balaban J connectivity index is 2.25. The average molecular weight is 161 g/mol. The van der Waals surface area contributed by atoms with Crippen molar-refractivity contribution < 1.29 is 9.50 Å². The minimum absolute atomic E-state index is 0.310. The standard InChI is InChI=1S/C8H16FNO/c9-5-1-2-8(11)3-6-10-7-4-8/h10-11H,1-7H2. The van der Waals surface area contributed by atoms with Crippen LogP contribution in [0.25, 0.3) is 0 Å². The fraction of sp³-hybridized carbons (Fsp3) is 1.00. The minimum atomic E-state index is -0.572. The van der Waals surface area contributed by atoms with E-state index in [2.05, 4.69) is 5.32 Å². The van der Waals surface area contributed by atoms with Crippen LogP contribution in [0, 0.1) is 0 Å². The average Bonchev–Trinajstić information content (AvgIpc) is 2.03. The molecular weight excluding hydrogens is 145 g/mol. The van der Waals surface area contributed by atoms with Gasteiger partial charge < -0.3 is 10.4 Å². The molecule has 1 saturated heterocycles. The topological polar surface area (TPSA) is 32.3 Å². The molecule has 2 N–H and O–H groups in total. The Morgan fingerprint density at radius 1 is 1.36 bits per heavy atom. The summed E-state index contributed by atoms with van der Waals surface area (Å²) in [5.74, 6) is 0. The predicted molar refractivity (Wildman–Crippen MR) is 42.3 cm³/mol. The maximum Gasteiger partial charge on any atom is 0.0895 e. The smallest absolute Gasteiger partial charge is 0.0895 e. The lowest BCUT2D eigenvalue weighted by Gasteiger charge is -2.32. The summed E-state index contributed by atoms with van der Waals surface area (Å²) in [4.78, 5) is 0. The second kappa shape index (κ2) is 4.02. The van der Waals surface area contributed by atoms with Crippen LogP contribution in [0.2, 0.25) is 0 Å². The van der Waals surface area contributed by atoms with Crippen molar-refractivity contribution in [1.82, 2.24) is 5.32 Å². The molecule has 1 aliphatic heterocycles. The number of rotatable bonds is 3. The van der Waals surface area contributed by atoms with Crippen LogP contribution in [0.4, 0.5) is 4.39 Å². The third-order valence-electron chi connectivity index (χ3n) is 2.31. The van der Waals surface area contributed by atoms with E-state index in [1.165, 1.54) is 0 Å². The van der Waals surface area contributed by atoms with E-state index in [4.69, 9.17) is 0 Å². The number of nitrogens with one attached hydrogen (secondary N) is 1. The van der Waals surface area contributed by atoms with E-state index >= 15 is 0 Å². The summed E-state index contributed by atoms with van der Waals surface area (Å²) in [5.41, 5.74) is -0.572. The van der Waals surface area contributed by atoms with Gasteiger partial charge in [0, 0.05) is 0 Å². The fourth-order valence-corrected chi connectivity index (χ4v) is 1.54. The molecule has 3 heteroatoms. The molecule has 1 aliphatic rings. The van der Waals surface area contributed by atoms with Gasteiger partial charge in [-0.2, -0.15) is 0 Å². The van der Waals surface area contributed by atoms with Crippen LogP contribution in [-0.4, -0.2) is 30.5 Å². The first-order valence-corrected chi connectivity index (χ1v) is 4.26. The summed E-state index contributed by atoms with van der Waals surface area (Å²) in [6, 6.07) is 0. The van der Waals surface area contributed by atoms with Crippen LogP contribution in [-0.2, 0) is 0 Å². The Morgan fingerprint density at radius 2 is 2.00 bits per heavy atom. The van der Waals surface area contributed by atoms with Crippen LogP contribution in [0.15, 0.2) is 0 Å². The molecule has 0 amide bonds. The summed E-state index contributed by atoms with van der Waals surface area (Å²) in [7, 11) is 0. The van der Waals surface area contributed by atoms with E-state index in [0.717, 1.165) is 25.9 Å². The molecule has 0 aliphatic carbocycles. The SMILES string of the molecule is OC1(CCCF)CCNCC1. The van der Waals surface area contributed by atoms with Gasteiger partial charge in [-0.15, -0.1) is 0 Å². The number of halogens is 1. The molecule has 0 saturated carbocycles. The number of hydrogen-bond donors (Lipinski definition) is 2. The zero-order valence-electron chi connectivity index (χ0n) is 6.77. The Hall–Kier alpha value is -0.150. The highest BCUT2D eigenvalue weighted by atomic mass is 19.1. The minimum Gasteiger partial charge on any atom is -0.390 e. The van der Waals surface area contributed by atoms with Gasteiger partial charge in [0.15, 0.2) is 0 Å². The van der Waals surface area contributed by atoms with Gasteiger partial charge in [0.2, 0.25) is 0 Å². The fourth-order valence-electron chi connectivity index (χ4n) is 1.54. The van der Waals surface area contributed by atoms with E-state index in [-0.39, 0.29) is 6.67 Å². The van der Waals surface area contributed by atoms with E-state index in [1.807, 2.05) is 0 Å². The summed E-state index contributed by atoms with van der Waals surface area (Å²) in [6.07, 6.45) is 2.65. The molecular formula is C8H16FNO. The maximum absolute atomic E-state index is 11.8. The third kappa shape index (κ3) is 2.75. The Labute approximate surface area is 66.8 Å². The highest BCUT2D eigenvalue weighted by Crippen LogP contribution is 2.23. The molecule has 0 bridgehead atoms. The number of piperidine rings is 1. The number of hydrogen-bond acceptors (Lipinski definition) is 2. The molecule has 1 heterocycles. The van der Waals surface area contributed by atoms with Crippen molar-refractivity contribution in [3.63, 3.8) is 0 Å². The van der Waals surface area contributed by atoms with Gasteiger partial charge >= 0.3 is 0 Å². The predicted octanol–water partition coefficient (Wildman–Crippen LogP) is 0.851. The van der Waals surface area contributed by atoms with Gasteiger partial charge in [-0.05, 0) is 38.8 Å². The molecule has 0 radical (unpaired) electrons. The zero-order valence-corrected chi connectivity index (χ0v) is 6.77. The highest BCUT2D eigenvalue weighted by molar-refractivity contribution is 4.83. The summed E-state index contributed by atoms with van der Waals surface area (Å²) >= 11 is 0. The van der Waals surface area contributed by atoms with Gasteiger partial charge in [0.25, 0.3) is 0 Å². The lowest BCUT2D eigenvalue weighted by molar-refractivity contribution is -0.000501. The second-order valence-corrected chi connectivity index (χ2v) is 3.27. The van der Waals surface area contributed by atoms with Crippen LogP contribution in [0.1, 0.15) is 25.7 Å².